The Morgan fingerprint density at radius 2 is 1.77 bits per heavy atom. The van der Waals surface area contributed by atoms with Crippen LogP contribution in [-0.4, -0.2) is 24.1 Å². The fraction of sp³-hybridized carbons (Fsp3) is 0.182. The van der Waals surface area contributed by atoms with E-state index in [2.05, 4.69) is 15.7 Å². The molecule has 0 unspecified atom stereocenters. The van der Waals surface area contributed by atoms with Gasteiger partial charge in [0.1, 0.15) is 11.4 Å². The number of nitrogens with zero attached hydrogens (tertiary/aromatic N) is 4. The van der Waals surface area contributed by atoms with Gasteiger partial charge < -0.3 is 10.1 Å². The first-order valence-corrected chi connectivity index (χ1v) is 9.37. The number of anilines is 1. The van der Waals surface area contributed by atoms with Gasteiger partial charge in [0.05, 0.1) is 24.3 Å². The van der Waals surface area contributed by atoms with Crippen molar-refractivity contribution in [1.29, 1.82) is 0 Å². The molecule has 0 saturated heterocycles. The number of non-ortho nitro benzene ring substituents is 1. The van der Waals surface area contributed by atoms with Crippen molar-refractivity contribution in [3.8, 4) is 5.75 Å². The number of hydrogen-bond acceptors (Lipinski definition) is 6. The van der Waals surface area contributed by atoms with Crippen LogP contribution in [0.3, 0.4) is 0 Å². The molecule has 30 heavy (non-hydrogen) atoms. The highest BCUT2D eigenvalue weighted by Crippen LogP contribution is 2.30. The predicted octanol–water partition coefficient (Wildman–Crippen LogP) is 5.35. The minimum absolute atomic E-state index is 0.0374. The Bertz CT molecular complexity index is 1010. The van der Waals surface area contributed by atoms with Crippen molar-refractivity contribution < 1.29 is 9.66 Å². The molecular formula is C22H23N5O3. The van der Waals surface area contributed by atoms with Crippen molar-refractivity contribution in [2.45, 2.75) is 13.1 Å². The van der Waals surface area contributed by atoms with E-state index in [9.17, 15) is 10.1 Å². The highest BCUT2D eigenvalue weighted by molar-refractivity contribution is 5.68. The number of rotatable bonds is 9. The zero-order chi connectivity index (χ0) is 21.3. The average Bonchev–Trinajstić information content (AvgIpc) is 2.77. The molecule has 0 atom stereocenters. The number of ether oxygens (including phenoxy) is 1. The van der Waals surface area contributed by atoms with Gasteiger partial charge in [0.2, 0.25) is 0 Å². The van der Waals surface area contributed by atoms with Gasteiger partial charge in [-0.3, -0.25) is 15.1 Å². The molecule has 0 fully saturated rings. The second kappa shape index (κ2) is 10.0. The normalized spacial score (nSPS) is 10.7. The van der Waals surface area contributed by atoms with Gasteiger partial charge in [-0.05, 0) is 29.3 Å². The number of nitro groups is 1. The lowest BCUT2D eigenvalue weighted by molar-refractivity contribution is -0.384. The summed E-state index contributed by atoms with van der Waals surface area (Å²) in [5, 5.41) is 24.6. The van der Waals surface area contributed by atoms with E-state index in [0.29, 0.717) is 24.5 Å². The fourth-order valence-electron chi connectivity index (χ4n) is 2.81. The molecule has 0 aliphatic carbocycles. The number of nitro benzene ring substituents is 1. The van der Waals surface area contributed by atoms with Crippen LogP contribution < -0.4 is 10.1 Å². The molecule has 0 saturated carbocycles. The van der Waals surface area contributed by atoms with Crippen LogP contribution in [0.4, 0.5) is 17.1 Å². The zero-order valence-corrected chi connectivity index (χ0v) is 16.9. The molecule has 0 bridgehead atoms. The number of hydrogen-bond donors (Lipinski definition) is 1. The van der Waals surface area contributed by atoms with Crippen LogP contribution in [0.5, 0.6) is 5.75 Å². The summed E-state index contributed by atoms with van der Waals surface area (Å²) in [6.07, 6.45) is 0. The summed E-state index contributed by atoms with van der Waals surface area (Å²) in [4.78, 5) is 10.7. The highest BCUT2D eigenvalue weighted by Gasteiger charge is 2.11. The van der Waals surface area contributed by atoms with Gasteiger partial charge in [0.15, 0.2) is 0 Å². The van der Waals surface area contributed by atoms with Gasteiger partial charge in [0, 0.05) is 25.7 Å². The van der Waals surface area contributed by atoms with E-state index >= 15 is 0 Å². The van der Waals surface area contributed by atoms with Gasteiger partial charge in [-0.1, -0.05) is 47.7 Å². The summed E-state index contributed by atoms with van der Waals surface area (Å²) in [7, 11) is 3.43. The second-order valence-corrected chi connectivity index (χ2v) is 6.65. The lowest BCUT2D eigenvalue weighted by Crippen LogP contribution is -2.09. The van der Waals surface area contributed by atoms with Gasteiger partial charge >= 0.3 is 0 Å². The van der Waals surface area contributed by atoms with Crippen LogP contribution in [0, 0.1) is 10.1 Å². The third kappa shape index (κ3) is 5.78. The van der Waals surface area contributed by atoms with Gasteiger partial charge in [0.25, 0.3) is 5.69 Å². The second-order valence-electron chi connectivity index (χ2n) is 6.65. The highest BCUT2D eigenvalue weighted by atomic mass is 16.6. The zero-order valence-electron chi connectivity index (χ0n) is 16.9. The largest absolute Gasteiger partial charge is 0.497 e. The summed E-state index contributed by atoms with van der Waals surface area (Å²) in [6.45, 7) is 1.11. The molecule has 0 spiro atoms. The van der Waals surface area contributed by atoms with Crippen LogP contribution in [0.1, 0.15) is 11.1 Å². The number of benzene rings is 3. The molecule has 1 N–H and O–H groups in total. The van der Waals surface area contributed by atoms with Crippen molar-refractivity contribution in [1.82, 2.24) is 5.01 Å². The minimum atomic E-state index is -0.444. The maximum absolute atomic E-state index is 11.2. The lowest BCUT2D eigenvalue weighted by Gasteiger charge is -2.12. The Labute approximate surface area is 174 Å². The molecule has 0 amide bonds. The van der Waals surface area contributed by atoms with Gasteiger partial charge in [-0.2, -0.15) is 0 Å². The van der Waals surface area contributed by atoms with E-state index in [1.54, 1.807) is 25.2 Å². The molecule has 0 heterocycles. The first kappa shape index (κ1) is 20.8. The van der Waals surface area contributed by atoms with Crippen molar-refractivity contribution >= 4 is 17.1 Å². The van der Waals surface area contributed by atoms with E-state index in [0.717, 1.165) is 16.9 Å². The quantitative estimate of drug-likeness (QED) is 0.294. The number of nitrogens with one attached hydrogen (secondary N) is 1. The Balaban J connectivity index is 1.74. The first-order valence-electron chi connectivity index (χ1n) is 9.37. The fourth-order valence-corrected chi connectivity index (χ4v) is 2.81. The van der Waals surface area contributed by atoms with E-state index in [1.165, 1.54) is 12.1 Å². The maximum atomic E-state index is 11.2. The van der Waals surface area contributed by atoms with Crippen LogP contribution in [0.2, 0.25) is 0 Å². The molecular weight excluding hydrogens is 382 g/mol. The third-order valence-corrected chi connectivity index (χ3v) is 4.39. The summed E-state index contributed by atoms with van der Waals surface area (Å²) in [6, 6.07) is 22.0. The van der Waals surface area contributed by atoms with Gasteiger partial charge in [-0.15, -0.1) is 5.11 Å². The first-order chi connectivity index (χ1) is 14.5. The molecule has 3 rings (SSSR count). The summed E-state index contributed by atoms with van der Waals surface area (Å²) < 4.78 is 5.17. The van der Waals surface area contributed by atoms with Crippen LogP contribution in [0.15, 0.2) is 83.1 Å². The molecule has 0 aliphatic rings. The Kier molecular flexibility index (Phi) is 6.94. The van der Waals surface area contributed by atoms with Crippen molar-refractivity contribution in [2.75, 3.05) is 19.5 Å². The van der Waals surface area contributed by atoms with Crippen molar-refractivity contribution in [3.05, 3.63) is 94.0 Å². The Hall–Kier alpha value is -3.94. The van der Waals surface area contributed by atoms with Crippen molar-refractivity contribution in [2.24, 2.45) is 10.3 Å². The van der Waals surface area contributed by atoms with E-state index in [-0.39, 0.29) is 5.69 Å². The van der Waals surface area contributed by atoms with Crippen LogP contribution >= 0.6 is 0 Å². The molecule has 8 nitrogen and oxygen atoms in total. The molecule has 8 heteroatoms. The summed E-state index contributed by atoms with van der Waals surface area (Å²) >= 11 is 0. The maximum Gasteiger partial charge on any atom is 0.271 e. The van der Waals surface area contributed by atoms with E-state index < -0.39 is 4.92 Å². The average molecular weight is 405 g/mol. The monoisotopic (exact) mass is 405 g/mol. The van der Waals surface area contributed by atoms with Crippen LogP contribution in [-0.2, 0) is 13.1 Å². The minimum Gasteiger partial charge on any atom is -0.497 e. The SMILES string of the molecule is COc1ccc(CNc2ccc([N+](=O)[O-])cc2N=NN(C)Cc2ccccc2)cc1. The molecule has 0 aromatic heterocycles. The smallest absolute Gasteiger partial charge is 0.271 e. The van der Waals surface area contributed by atoms with E-state index in [1.807, 2.05) is 54.6 Å². The predicted molar refractivity (Wildman–Crippen MR) is 116 cm³/mol. The van der Waals surface area contributed by atoms with Gasteiger partial charge in [-0.25, -0.2) is 0 Å². The summed E-state index contributed by atoms with van der Waals surface area (Å²) in [5.74, 6) is 0.782. The molecule has 3 aromatic carbocycles. The third-order valence-electron chi connectivity index (χ3n) is 4.39. The Morgan fingerprint density at radius 3 is 2.43 bits per heavy atom. The molecule has 3 aromatic rings. The summed E-state index contributed by atoms with van der Waals surface area (Å²) in [5.41, 5.74) is 3.16. The molecule has 154 valence electrons. The topological polar surface area (TPSA) is 92.4 Å². The Morgan fingerprint density at radius 1 is 1.03 bits per heavy atom. The standard InChI is InChI=1S/C22H23N5O3/c1-26(16-18-6-4-3-5-7-18)25-24-22-14-19(27(28)29)10-13-21(22)23-15-17-8-11-20(30-2)12-9-17/h3-14,23H,15-16H2,1-2H3. The number of methoxy groups -OCH3 is 1. The lowest BCUT2D eigenvalue weighted by atomic mass is 10.2. The van der Waals surface area contributed by atoms with Crippen LogP contribution in [0.25, 0.3) is 0 Å². The molecule has 0 aliphatic heterocycles. The van der Waals surface area contributed by atoms with E-state index in [4.69, 9.17) is 4.74 Å². The van der Waals surface area contributed by atoms with Crippen molar-refractivity contribution in [3.63, 3.8) is 0 Å². The molecule has 0 radical (unpaired) electrons.